The van der Waals surface area contributed by atoms with Crippen LogP contribution in [0.15, 0.2) is 0 Å². The van der Waals surface area contributed by atoms with E-state index >= 15 is 0 Å². The molecule has 0 spiro atoms. The van der Waals surface area contributed by atoms with Crippen molar-refractivity contribution >= 4 is 25.1 Å². The molecular weight excluding hydrogens is 415 g/mol. The van der Waals surface area contributed by atoms with Crippen molar-refractivity contribution in [3.8, 4) is 0 Å². The minimum atomic E-state index is -1.48. The molecule has 0 aromatic rings. The summed E-state index contributed by atoms with van der Waals surface area (Å²) in [4.78, 5) is 39.3. The first kappa shape index (κ1) is 28.2. The van der Waals surface area contributed by atoms with Crippen LogP contribution in [-0.4, -0.2) is 69.9 Å². The number of hydrogen-bond donors (Lipinski definition) is 4. The highest BCUT2D eigenvalue weighted by molar-refractivity contribution is 6.40. The smallest absolute Gasteiger partial charge is 0.451 e. The first-order chi connectivity index (χ1) is 14.4. The van der Waals surface area contributed by atoms with E-state index in [1.54, 1.807) is 27.7 Å². The number of carboxylic acids is 1. The van der Waals surface area contributed by atoms with E-state index in [0.29, 0.717) is 32.2 Å². The Labute approximate surface area is 192 Å². The predicted molar refractivity (Wildman–Crippen MR) is 122 cm³/mol. The molecule has 0 saturated carbocycles. The Balaban J connectivity index is 3.08. The molecule has 3 atom stereocenters. The Morgan fingerprint density at radius 1 is 1.19 bits per heavy atom. The van der Waals surface area contributed by atoms with E-state index in [9.17, 15) is 29.5 Å². The maximum absolute atomic E-state index is 13.5. The standard InChI is InChI=1S/C22H41BN2O7/c1-20(2,3)10-8-16(24-19(29)32-21(4,5)6)17(26)25-13-15(9-11-23(30)31)12-22(7,14-25)18(27)28/h15-16,30-31H,8-14H2,1-7H3,(H,24,29)(H,27,28)/t15-,16-,22-/m0/s1. The summed E-state index contributed by atoms with van der Waals surface area (Å²) in [5.74, 6) is -1.54. The number of carbonyl (C=O) groups is 3. The van der Waals surface area contributed by atoms with Crippen LogP contribution in [0.5, 0.6) is 0 Å². The highest BCUT2D eigenvalue weighted by Gasteiger charge is 2.44. The van der Waals surface area contributed by atoms with Gasteiger partial charge in [-0.3, -0.25) is 9.59 Å². The molecule has 9 nitrogen and oxygen atoms in total. The molecule has 0 unspecified atom stereocenters. The van der Waals surface area contributed by atoms with E-state index in [4.69, 9.17) is 4.74 Å². The highest BCUT2D eigenvalue weighted by Crippen LogP contribution is 2.36. The summed E-state index contributed by atoms with van der Waals surface area (Å²) in [6, 6.07) is -0.843. The van der Waals surface area contributed by atoms with Crippen molar-refractivity contribution < 1.29 is 34.3 Å². The number of carboxylic acid groups (broad SMARTS) is 1. The van der Waals surface area contributed by atoms with Gasteiger partial charge >= 0.3 is 19.2 Å². The maximum Gasteiger partial charge on any atom is 0.451 e. The molecule has 1 heterocycles. The second kappa shape index (κ2) is 10.9. The number of likely N-dealkylation sites (tertiary alicyclic amines) is 1. The van der Waals surface area contributed by atoms with Gasteiger partial charge in [0.25, 0.3) is 0 Å². The zero-order valence-corrected chi connectivity index (χ0v) is 20.6. The van der Waals surface area contributed by atoms with Crippen molar-refractivity contribution in [3.05, 3.63) is 0 Å². The van der Waals surface area contributed by atoms with E-state index in [1.807, 2.05) is 20.8 Å². The van der Waals surface area contributed by atoms with Crippen LogP contribution in [-0.2, 0) is 14.3 Å². The molecule has 10 heteroatoms. The van der Waals surface area contributed by atoms with Gasteiger partial charge in [-0.25, -0.2) is 4.79 Å². The zero-order valence-electron chi connectivity index (χ0n) is 20.6. The molecule has 1 saturated heterocycles. The van der Waals surface area contributed by atoms with Gasteiger partial charge in [0.05, 0.1) is 5.41 Å². The topological polar surface area (TPSA) is 136 Å². The number of amides is 2. The van der Waals surface area contributed by atoms with Crippen LogP contribution in [0.1, 0.15) is 74.1 Å². The second-order valence-corrected chi connectivity index (χ2v) is 11.5. The molecule has 1 rings (SSSR count). The average Bonchev–Trinajstić information content (AvgIpc) is 2.60. The number of carbonyl (C=O) groups excluding carboxylic acids is 2. The van der Waals surface area contributed by atoms with Crippen molar-refractivity contribution in [2.24, 2.45) is 16.7 Å². The summed E-state index contributed by atoms with van der Waals surface area (Å²) < 4.78 is 5.33. The third kappa shape index (κ3) is 9.77. The monoisotopic (exact) mass is 456 g/mol. The number of ether oxygens (including phenoxy) is 1. The lowest BCUT2D eigenvalue weighted by Gasteiger charge is -2.43. The quantitative estimate of drug-likeness (QED) is 0.412. The molecule has 0 aromatic carbocycles. The van der Waals surface area contributed by atoms with E-state index in [2.05, 4.69) is 5.32 Å². The minimum absolute atomic E-state index is 0.0291. The minimum Gasteiger partial charge on any atom is -0.481 e. The number of alkyl carbamates (subject to hydrolysis) is 1. The predicted octanol–water partition coefficient (Wildman–Crippen LogP) is 2.51. The molecule has 0 bridgehead atoms. The molecule has 1 fully saturated rings. The first-order valence-corrected chi connectivity index (χ1v) is 11.3. The molecule has 184 valence electrons. The number of piperidine rings is 1. The summed E-state index contributed by atoms with van der Waals surface area (Å²) in [5.41, 5.74) is -1.93. The van der Waals surface area contributed by atoms with Crippen LogP contribution in [0, 0.1) is 16.7 Å². The third-order valence-corrected chi connectivity index (χ3v) is 5.59. The fraction of sp³-hybridized carbons (Fsp3) is 0.864. The van der Waals surface area contributed by atoms with Gasteiger partial charge in [0.1, 0.15) is 11.6 Å². The number of nitrogens with zero attached hydrogens (tertiary/aromatic N) is 1. The third-order valence-electron chi connectivity index (χ3n) is 5.59. The Bertz CT molecular complexity index is 672. The van der Waals surface area contributed by atoms with Crippen LogP contribution in [0.4, 0.5) is 4.79 Å². The molecule has 0 radical (unpaired) electrons. The van der Waals surface area contributed by atoms with Gasteiger partial charge in [0, 0.05) is 13.1 Å². The number of aliphatic carboxylic acids is 1. The Kier molecular flexibility index (Phi) is 9.59. The highest BCUT2D eigenvalue weighted by atomic mass is 16.6. The van der Waals surface area contributed by atoms with Gasteiger partial charge < -0.3 is 30.1 Å². The van der Waals surface area contributed by atoms with Gasteiger partial charge in [0.15, 0.2) is 0 Å². The van der Waals surface area contributed by atoms with Crippen molar-refractivity contribution in [1.82, 2.24) is 10.2 Å². The fourth-order valence-corrected chi connectivity index (χ4v) is 3.97. The van der Waals surface area contributed by atoms with Crippen LogP contribution < -0.4 is 5.32 Å². The van der Waals surface area contributed by atoms with Crippen LogP contribution in [0.3, 0.4) is 0 Å². The van der Waals surface area contributed by atoms with Gasteiger partial charge in [0.2, 0.25) is 5.91 Å². The molecule has 1 aliphatic heterocycles. The average molecular weight is 456 g/mol. The van der Waals surface area contributed by atoms with Gasteiger partial charge in [-0.2, -0.15) is 0 Å². The molecule has 0 aromatic heterocycles. The summed E-state index contributed by atoms with van der Waals surface area (Å²) >= 11 is 0. The van der Waals surface area contributed by atoms with Crippen LogP contribution >= 0.6 is 0 Å². The largest absolute Gasteiger partial charge is 0.481 e. The maximum atomic E-state index is 13.5. The fourth-order valence-electron chi connectivity index (χ4n) is 3.97. The van der Waals surface area contributed by atoms with Crippen molar-refractivity contribution in [2.75, 3.05) is 13.1 Å². The molecule has 4 N–H and O–H groups in total. The van der Waals surface area contributed by atoms with Crippen molar-refractivity contribution in [2.45, 2.75) is 92.1 Å². The summed E-state index contributed by atoms with van der Waals surface area (Å²) in [6.45, 7) is 13.3. The molecule has 1 aliphatic rings. The lowest BCUT2D eigenvalue weighted by molar-refractivity contribution is -0.156. The SMILES string of the molecule is CC(C)(C)CC[C@H](NC(=O)OC(C)(C)C)C(=O)N1C[C@@H](CCB(O)O)C[C@](C)(C(=O)O)C1. The van der Waals surface area contributed by atoms with Crippen molar-refractivity contribution in [1.29, 1.82) is 0 Å². The Hall–Kier alpha value is -1.81. The molecule has 2 amide bonds. The molecule has 0 aliphatic carbocycles. The summed E-state index contributed by atoms with van der Waals surface area (Å²) in [6.07, 6.45) is 1.20. The van der Waals surface area contributed by atoms with Gasteiger partial charge in [-0.1, -0.05) is 27.2 Å². The normalized spacial score (nSPS) is 22.8. The number of nitrogens with one attached hydrogen (secondary N) is 1. The van der Waals surface area contributed by atoms with E-state index in [1.165, 1.54) is 4.90 Å². The Morgan fingerprint density at radius 3 is 2.25 bits per heavy atom. The summed E-state index contributed by atoms with van der Waals surface area (Å²) in [5, 5.41) is 30.9. The van der Waals surface area contributed by atoms with Crippen molar-refractivity contribution in [3.63, 3.8) is 0 Å². The van der Waals surface area contributed by atoms with Crippen LogP contribution in [0.2, 0.25) is 6.32 Å². The molecule has 32 heavy (non-hydrogen) atoms. The van der Waals surface area contributed by atoms with E-state index in [0.717, 1.165) is 0 Å². The summed E-state index contributed by atoms with van der Waals surface area (Å²) in [7, 11) is -1.48. The van der Waals surface area contributed by atoms with Gasteiger partial charge in [-0.15, -0.1) is 0 Å². The first-order valence-electron chi connectivity index (χ1n) is 11.3. The molecular formula is C22H41BN2O7. The van der Waals surface area contributed by atoms with Crippen LogP contribution in [0.25, 0.3) is 0 Å². The van der Waals surface area contributed by atoms with Gasteiger partial charge in [-0.05, 0) is 64.6 Å². The van der Waals surface area contributed by atoms with E-state index < -0.39 is 36.2 Å². The lowest BCUT2D eigenvalue weighted by Crippen LogP contribution is -2.57. The number of hydrogen-bond acceptors (Lipinski definition) is 6. The number of rotatable bonds is 8. The van der Waals surface area contributed by atoms with E-state index in [-0.39, 0.29) is 30.1 Å². The zero-order chi connectivity index (χ0) is 24.9. The Morgan fingerprint density at radius 2 is 1.78 bits per heavy atom. The second-order valence-electron chi connectivity index (χ2n) is 11.5. The lowest BCUT2D eigenvalue weighted by atomic mass is 9.72.